The largest absolute Gasteiger partial charge is 0.493 e. The molecule has 0 saturated carbocycles. The van der Waals surface area contributed by atoms with Gasteiger partial charge in [-0.2, -0.15) is 13.2 Å². The van der Waals surface area contributed by atoms with Gasteiger partial charge >= 0.3 is 18.1 Å². The van der Waals surface area contributed by atoms with Gasteiger partial charge in [0, 0.05) is 41.8 Å². The number of ether oxygens (including phenoxy) is 1. The van der Waals surface area contributed by atoms with E-state index in [2.05, 4.69) is 15.3 Å². The Kier molecular flexibility index (Phi) is 9.91. The summed E-state index contributed by atoms with van der Waals surface area (Å²) in [6.07, 6.45) is -0.512. The zero-order valence-corrected chi connectivity index (χ0v) is 21.0. The first-order valence-electron chi connectivity index (χ1n) is 12.0. The van der Waals surface area contributed by atoms with Gasteiger partial charge in [-0.3, -0.25) is 4.79 Å². The molecule has 4 N–H and O–H groups in total. The zero-order valence-electron chi connectivity index (χ0n) is 21.0. The summed E-state index contributed by atoms with van der Waals surface area (Å²) < 4.78 is 37.7. The summed E-state index contributed by atoms with van der Waals surface area (Å²) in [7, 11) is 0. The third-order valence-electron chi connectivity index (χ3n) is 5.81. The van der Waals surface area contributed by atoms with E-state index in [4.69, 9.17) is 14.6 Å². The highest BCUT2D eigenvalue weighted by molar-refractivity contribution is 5.86. The molecular formula is C28H28F3N3O5. The Balaban J connectivity index is 0.000000532. The number of hydrogen-bond acceptors (Lipinski definition) is 5. The van der Waals surface area contributed by atoms with Crippen LogP contribution in [-0.4, -0.2) is 51.4 Å². The number of carboxylic acids is 2. The van der Waals surface area contributed by atoms with E-state index in [9.17, 15) is 23.1 Å². The normalized spacial score (nSPS) is 11.8. The molecule has 0 saturated heterocycles. The third-order valence-corrected chi connectivity index (χ3v) is 5.81. The number of alkyl halides is 3. The van der Waals surface area contributed by atoms with E-state index in [1.54, 1.807) is 6.20 Å². The minimum atomic E-state index is -5.08. The van der Waals surface area contributed by atoms with Crippen molar-refractivity contribution in [3.63, 3.8) is 0 Å². The average Bonchev–Trinajstić information content (AvgIpc) is 3.31. The number of aromatic amines is 1. The number of pyridine rings is 1. The van der Waals surface area contributed by atoms with E-state index in [1.807, 2.05) is 73.8 Å². The highest BCUT2D eigenvalue weighted by Gasteiger charge is 2.38. The van der Waals surface area contributed by atoms with Crippen LogP contribution in [-0.2, 0) is 9.59 Å². The van der Waals surface area contributed by atoms with Crippen LogP contribution in [0.5, 0.6) is 5.75 Å². The molecule has 4 rings (SSSR count). The fraction of sp³-hybridized carbons (Fsp3) is 0.250. The maximum atomic E-state index is 11.6. The smallest absolute Gasteiger partial charge is 0.490 e. The Hall–Kier alpha value is -4.54. The van der Waals surface area contributed by atoms with Gasteiger partial charge < -0.3 is 25.3 Å². The number of rotatable bonds is 10. The third kappa shape index (κ3) is 8.49. The minimum absolute atomic E-state index is 0.0410. The number of benzene rings is 2. The first kappa shape index (κ1) is 29.0. The summed E-state index contributed by atoms with van der Waals surface area (Å²) in [5, 5.41) is 20.9. The highest BCUT2D eigenvalue weighted by Crippen LogP contribution is 2.36. The number of fused-ring (bicyclic) bond motifs is 1. The van der Waals surface area contributed by atoms with Gasteiger partial charge in [-0.15, -0.1) is 0 Å². The summed E-state index contributed by atoms with van der Waals surface area (Å²) in [5.41, 5.74) is 4.06. The molecule has 0 aliphatic rings. The summed E-state index contributed by atoms with van der Waals surface area (Å²) in [5.74, 6) is -2.14. The second-order valence-electron chi connectivity index (χ2n) is 8.61. The molecule has 8 nitrogen and oxygen atoms in total. The molecule has 0 spiro atoms. The lowest BCUT2D eigenvalue weighted by atomic mass is 9.86. The maximum absolute atomic E-state index is 11.6. The predicted octanol–water partition coefficient (Wildman–Crippen LogP) is 5.99. The number of hydrogen-bond donors (Lipinski definition) is 4. The average molecular weight is 544 g/mol. The zero-order chi connectivity index (χ0) is 28.4. The lowest BCUT2D eigenvalue weighted by Gasteiger charge is -2.17. The predicted molar refractivity (Wildman–Crippen MR) is 140 cm³/mol. The standard InChI is InChI=1S/C26H27N3O3.C2HF3O2/c1-18-7-2-3-8-20(18)22(16-26(30)31)23-17-29-24-15-19(10-11-21(23)24)32-14-6-13-28-25-9-4-5-12-27-25;3-2(4,5)1(6)7/h2-5,7-12,15,17,22,29H,6,13-14,16H2,1H3,(H,27,28)(H,30,31);(H,6,7). The molecule has 2 aromatic carbocycles. The van der Waals surface area contributed by atoms with Gasteiger partial charge in [0.15, 0.2) is 0 Å². The topological polar surface area (TPSA) is 125 Å². The van der Waals surface area contributed by atoms with E-state index in [1.165, 1.54) is 0 Å². The van der Waals surface area contributed by atoms with E-state index < -0.39 is 18.1 Å². The van der Waals surface area contributed by atoms with Crippen molar-refractivity contribution >= 4 is 28.7 Å². The minimum Gasteiger partial charge on any atom is -0.493 e. The molecule has 1 unspecified atom stereocenters. The molecule has 2 heterocycles. The SMILES string of the molecule is Cc1ccccc1C(CC(=O)O)c1c[nH]c2cc(OCCCNc3ccccn3)ccc12.O=C(O)C(F)(F)F. The number of anilines is 1. The van der Waals surface area contributed by atoms with Crippen molar-refractivity contribution < 1.29 is 37.7 Å². The Morgan fingerprint density at radius 1 is 1.05 bits per heavy atom. The van der Waals surface area contributed by atoms with Crippen molar-refractivity contribution in [1.29, 1.82) is 0 Å². The van der Waals surface area contributed by atoms with Crippen LogP contribution >= 0.6 is 0 Å². The van der Waals surface area contributed by atoms with Gasteiger partial charge in [0.1, 0.15) is 11.6 Å². The van der Waals surface area contributed by atoms with Gasteiger partial charge in [0.2, 0.25) is 0 Å². The van der Waals surface area contributed by atoms with Crippen LogP contribution in [0.1, 0.15) is 35.4 Å². The van der Waals surface area contributed by atoms with Crippen LogP contribution in [0.2, 0.25) is 0 Å². The Labute approximate surface area is 222 Å². The first-order chi connectivity index (χ1) is 18.6. The lowest BCUT2D eigenvalue weighted by molar-refractivity contribution is -0.192. The first-order valence-corrected chi connectivity index (χ1v) is 12.0. The van der Waals surface area contributed by atoms with Crippen LogP contribution in [0.15, 0.2) is 73.1 Å². The molecule has 0 fully saturated rings. The second-order valence-corrected chi connectivity index (χ2v) is 8.61. The number of carbonyl (C=O) groups is 2. The summed E-state index contributed by atoms with van der Waals surface area (Å²) in [6, 6.07) is 19.7. The Morgan fingerprint density at radius 2 is 1.77 bits per heavy atom. The van der Waals surface area contributed by atoms with E-state index in [0.717, 1.165) is 52.1 Å². The van der Waals surface area contributed by atoms with E-state index in [0.29, 0.717) is 6.61 Å². The maximum Gasteiger partial charge on any atom is 0.490 e. The van der Waals surface area contributed by atoms with Crippen molar-refractivity contribution in [2.45, 2.75) is 31.9 Å². The lowest BCUT2D eigenvalue weighted by Crippen LogP contribution is -2.21. The van der Waals surface area contributed by atoms with E-state index >= 15 is 0 Å². The van der Waals surface area contributed by atoms with Gasteiger partial charge in [0.05, 0.1) is 13.0 Å². The number of nitrogens with zero attached hydrogens (tertiary/aromatic N) is 1. The number of H-pyrrole nitrogens is 1. The molecule has 2 aromatic heterocycles. The summed E-state index contributed by atoms with van der Waals surface area (Å²) in [4.78, 5) is 28.0. The van der Waals surface area contributed by atoms with Gasteiger partial charge in [-0.05, 0) is 54.3 Å². The molecule has 0 radical (unpaired) electrons. The van der Waals surface area contributed by atoms with Crippen LogP contribution < -0.4 is 10.1 Å². The van der Waals surface area contributed by atoms with Crippen molar-refractivity contribution in [3.8, 4) is 5.75 Å². The van der Waals surface area contributed by atoms with Crippen LogP contribution in [0.25, 0.3) is 10.9 Å². The number of halogens is 3. The molecule has 0 amide bonds. The van der Waals surface area contributed by atoms with Crippen LogP contribution in [0.4, 0.5) is 19.0 Å². The number of nitrogens with one attached hydrogen (secondary N) is 2. The van der Waals surface area contributed by atoms with Crippen molar-refractivity contribution in [1.82, 2.24) is 9.97 Å². The monoisotopic (exact) mass is 543 g/mol. The van der Waals surface area contributed by atoms with Crippen LogP contribution in [0, 0.1) is 6.92 Å². The quantitative estimate of drug-likeness (QED) is 0.181. The number of aryl methyl sites for hydroxylation is 1. The molecule has 0 bridgehead atoms. The molecule has 1 atom stereocenters. The fourth-order valence-electron chi connectivity index (χ4n) is 3.99. The molecule has 11 heteroatoms. The van der Waals surface area contributed by atoms with Crippen molar-refractivity contribution in [2.75, 3.05) is 18.5 Å². The second kappa shape index (κ2) is 13.3. The fourth-order valence-corrected chi connectivity index (χ4v) is 3.99. The molecule has 0 aliphatic heterocycles. The van der Waals surface area contributed by atoms with Gasteiger partial charge in [0.25, 0.3) is 0 Å². The Bertz CT molecular complexity index is 1390. The Morgan fingerprint density at radius 3 is 2.41 bits per heavy atom. The van der Waals surface area contributed by atoms with E-state index in [-0.39, 0.29) is 12.3 Å². The van der Waals surface area contributed by atoms with Crippen molar-refractivity contribution in [3.05, 3.63) is 89.7 Å². The molecule has 206 valence electrons. The van der Waals surface area contributed by atoms with Crippen molar-refractivity contribution in [2.24, 2.45) is 0 Å². The number of aromatic nitrogens is 2. The summed E-state index contributed by atoms with van der Waals surface area (Å²) in [6.45, 7) is 3.39. The van der Waals surface area contributed by atoms with Gasteiger partial charge in [-0.25, -0.2) is 9.78 Å². The summed E-state index contributed by atoms with van der Waals surface area (Å²) >= 11 is 0. The number of carboxylic acid groups (broad SMARTS) is 2. The number of aliphatic carboxylic acids is 2. The molecule has 0 aliphatic carbocycles. The molecule has 4 aromatic rings. The van der Waals surface area contributed by atoms with Crippen LogP contribution in [0.3, 0.4) is 0 Å². The molecule has 39 heavy (non-hydrogen) atoms. The highest BCUT2D eigenvalue weighted by atomic mass is 19.4. The van der Waals surface area contributed by atoms with Gasteiger partial charge in [-0.1, -0.05) is 30.3 Å². The molecular weight excluding hydrogens is 515 g/mol.